The van der Waals surface area contributed by atoms with Crippen LogP contribution in [0.3, 0.4) is 0 Å². The molecule has 0 atom stereocenters. The average Bonchev–Trinajstić information content (AvgIpc) is 1.92. The minimum Gasteiger partial charge on any atom is -0.232 e. The third-order valence-corrected chi connectivity index (χ3v) is 1.37. The largest absolute Gasteiger partial charge is 0.232 e. The van der Waals surface area contributed by atoms with Crippen LogP contribution in [0.4, 0.5) is 0 Å². The molecular weight excluding hydrogens is 176 g/mol. The normalized spacial score (nSPS) is 13.9. The topological polar surface area (TPSA) is 18.5 Å². The molecule has 0 amide bonds. The third-order valence-electron chi connectivity index (χ3n) is 1.37. The van der Waals surface area contributed by atoms with Crippen molar-refractivity contribution in [3.63, 3.8) is 0 Å². The molecule has 0 saturated carbocycles. The van der Waals surface area contributed by atoms with Gasteiger partial charge in [-0.3, -0.25) is 0 Å². The summed E-state index contributed by atoms with van der Waals surface area (Å²) in [7, 11) is 0. The van der Waals surface area contributed by atoms with Crippen molar-refractivity contribution in [1.29, 1.82) is 0 Å². The smallest absolute Gasteiger partial charge is 0.100 e. The first-order valence-electron chi connectivity index (χ1n) is 5.16. The van der Waals surface area contributed by atoms with Gasteiger partial charge >= 0.3 is 0 Å². The SMILES string of the molecule is CC(C)(C)C/C=C/COOC(C)(C)C. The van der Waals surface area contributed by atoms with Crippen LogP contribution in [0.25, 0.3) is 0 Å². The predicted octanol–water partition coefficient (Wildman–Crippen LogP) is 3.73. The van der Waals surface area contributed by atoms with Gasteiger partial charge in [-0.25, -0.2) is 9.78 Å². The van der Waals surface area contributed by atoms with E-state index < -0.39 is 0 Å². The van der Waals surface area contributed by atoms with Crippen LogP contribution in [0.2, 0.25) is 0 Å². The summed E-state index contributed by atoms with van der Waals surface area (Å²) in [5.41, 5.74) is 0.124. The minimum absolute atomic E-state index is 0.224. The molecule has 0 rings (SSSR count). The van der Waals surface area contributed by atoms with Crippen molar-refractivity contribution < 1.29 is 9.78 Å². The average molecular weight is 200 g/mol. The van der Waals surface area contributed by atoms with Gasteiger partial charge in [-0.1, -0.05) is 32.9 Å². The summed E-state index contributed by atoms with van der Waals surface area (Å²) < 4.78 is 0. The van der Waals surface area contributed by atoms with Gasteiger partial charge in [0.2, 0.25) is 0 Å². The third kappa shape index (κ3) is 11.7. The molecule has 0 aromatic rings. The highest BCUT2D eigenvalue weighted by Gasteiger charge is 2.10. The van der Waals surface area contributed by atoms with Crippen LogP contribution in [-0.2, 0) is 9.78 Å². The number of allylic oxidation sites excluding steroid dienone is 1. The van der Waals surface area contributed by atoms with Crippen LogP contribution in [0.5, 0.6) is 0 Å². The van der Waals surface area contributed by atoms with Gasteiger partial charge in [-0.05, 0) is 32.6 Å². The fourth-order valence-corrected chi connectivity index (χ4v) is 0.755. The summed E-state index contributed by atoms with van der Waals surface area (Å²) in [5, 5.41) is 0. The highest BCUT2D eigenvalue weighted by Crippen LogP contribution is 2.18. The van der Waals surface area contributed by atoms with Gasteiger partial charge in [0, 0.05) is 0 Å². The zero-order valence-corrected chi connectivity index (χ0v) is 10.4. The molecule has 2 heteroatoms. The van der Waals surface area contributed by atoms with Gasteiger partial charge < -0.3 is 0 Å². The van der Waals surface area contributed by atoms with E-state index in [-0.39, 0.29) is 5.60 Å². The van der Waals surface area contributed by atoms with Gasteiger partial charge in [0.05, 0.1) is 5.60 Å². The maximum absolute atomic E-state index is 5.11. The molecule has 0 radical (unpaired) electrons. The Morgan fingerprint density at radius 3 is 1.93 bits per heavy atom. The lowest BCUT2D eigenvalue weighted by Crippen LogP contribution is -2.19. The summed E-state index contributed by atoms with van der Waals surface area (Å²) in [5.74, 6) is 0. The Balaban J connectivity index is 3.46. The first-order chi connectivity index (χ1) is 6.21. The van der Waals surface area contributed by atoms with Gasteiger partial charge in [0.1, 0.15) is 6.61 Å². The van der Waals surface area contributed by atoms with E-state index in [1.807, 2.05) is 26.8 Å². The van der Waals surface area contributed by atoms with E-state index >= 15 is 0 Å². The number of hydrogen-bond acceptors (Lipinski definition) is 2. The molecule has 2 nitrogen and oxygen atoms in total. The standard InChI is InChI=1S/C12H24O2/c1-11(2,3)9-7-8-10-13-14-12(4,5)6/h7-8H,9-10H2,1-6H3/b8-7+. The molecule has 0 aromatic heterocycles. The fraction of sp³-hybridized carbons (Fsp3) is 0.833. The highest BCUT2D eigenvalue weighted by atomic mass is 17.2. The molecule has 0 aliphatic rings. The summed E-state index contributed by atoms with van der Waals surface area (Å²) in [6.45, 7) is 13.1. The van der Waals surface area contributed by atoms with Crippen LogP contribution in [-0.4, -0.2) is 12.2 Å². The first kappa shape index (κ1) is 13.7. The van der Waals surface area contributed by atoms with Crippen molar-refractivity contribution in [2.24, 2.45) is 5.41 Å². The van der Waals surface area contributed by atoms with Crippen molar-refractivity contribution in [1.82, 2.24) is 0 Å². The first-order valence-corrected chi connectivity index (χ1v) is 5.16. The summed E-state index contributed by atoms with van der Waals surface area (Å²) in [6, 6.07) is 0. The quantitative estimate of drug-likeness (QED) is 0.298. The molecule has 0 heterocycles. The van der Waals surface area contributed by atoms with Crippen LogP contribution < -0.4 is 0 Å². The molecule has 14 heavy (non-hydrogen) atoms. The van der Waals surface area contributed by atoms with Gasteiger partial charge in [-0.15, -0.1) is 0 Å². The second-order valence-electron chi connectivity index (χ2n) is 5.72. The minimum atomic E-state index is -0.224. The van der Waals surface area contributed by atoms with E-state index in [1.165, 1.54) is 0 Å². The molecule has 0 saturated heterocycles. The zero-order valence-electron chi connectivity index (χ0n) is 10.4. The van der Waals surface area contributed by atoms with Gasteiger partial charge in [0.15, 0.2) is 0 Å². The Hall–Kier alpha value is -0.340. The van der Waals surface area contributed by atoms with Crippen molar-refractivity contribution >= 4 is 0 Å². The molecule has 0 N–H and O–H groups in total. The number of rotatable bonds is 4. The van der Waals surface area contributed by atoms with Gasteiger partial charge in [0.25, 0.3) is 0 Å². The Bertz CT molecular complexity index is 170. The van der Waals surface area contributed by atoms with E-state index in [0.717, 1.165) is 6.42 Å². The summed E-state index contributed by atoms with van der Waals surface area (Å²) >= 11 is 0. The van der Waals surface area contributed by atoms with Crippen LogP contribution in [0.1, 0.15) is 48.0 Å². The van der Waals surface area contributed by atoms with E-state index in [9.17, 15) is 0 Å². The monoisotopic (exact) mass is 200 g/mol. The lowest BCUT2D eigenvalue weighted by Gasteiger charge is -2.17. The molecule has 0 fully saturated rings. The predicted molar refractivity (Wildman–Crippen MR) is 60.0 cm³/mol. The van der Waals surface area contributed by atoms with Crippen molar-refractivity contribution in [2.45, 2.75) is 53.6 Å². The van der Waals surface area contributed by atoms with E-state index in [2.05, 4.69) is 26.8 Å². The Kier molecular flexibility index (Phi) is 5.38. The number of hydrogen-bond donors (Lipinski definition) is 0. The van der Waals surface area contributed by atoms with Crippen molar-refractivity contribution in [3.8, 4) is 0 Å². The van der Waals surface area contributed by atoms with E-state index in [0.29, 0.717) is 12.0 Å². The van der Waals surface area contributed by atoms with Crippen LogP contribution in [0, 0.1) is 5.41 Å². The van der Waals surface area contributed by atoms with Crippen molar-refractivity contribution in [2.75, 3.05) is 6.61 Å². The second-order valence-corrected chi connectivity index (χ2v) is 5.72. The fourth-order valence-electron chi connectivity index (χ4n) is 0.755. The second kappa shape index (κ2) is 5.52. The molecule has 0 aromatic carbocycles. The summed E-state index contributed by atoms with van der Waals surface area (Å²) in [6.07, 6.45) is 5.19. The Morgan fingerprint density at radius 1 is 0.929 bits per heavy atom. The maximum atomic E-state index is 5.11. The molecule has 0 aliphatic heterocycles. The molecule has 84 valence electrons. The van der Waals surface area contributed by atoms with E-state index in [4.69, 9.17) is 9.78 Å². The molecule has 0 spiro atoms. The maximum Gasteiger partial charge on any atom is 0.100 e. The molecular formula is C12H24O2. The summed E-state index contributed by atoms with van der Waals surface area (Å²) in [4.78, 5) is 10.1. The van der Waals surface area contributed by atoms with Crippen LogP contribution in [0.15, 0.2) is 12.2 Å². The molecule has 0 aliphatic carbocycles. The molecule has 0 bridgehead atoms. The Morgan fingerprint density at radius 2 is 1.50 bits per heavy atom. The highest BCUT2D eigenvalue weighted by molar-refractivity contribution is 4.85. The lowest BCUT2D eigenvalue weighted by atomic mass is 9.92. The van der Waals surface area contributed by atoms with Crippen LogP contribution >= 0.6 is 0 Å². The molecule has 0 unspecified atom stereocenters. The Labute approximate surface area is 88.2 Å². The van der Waals surface area contributed by atoms with Gasteiger partial charge in [-0.2, -0.15) is 0 Å². The van der Waals surface area contributed by atoms with E-state index in [1.54, 1.807) is 0 Å². The van der Waals surface area contributed by atoms with Crippen molar-refractivity contribution in [3.05, 3.63) is 12.2 Å². The zero-order chi connectivity index (χ0) is 11.2. The lowest BCUT2D eigenvalue weighted by molar-refractivity contribution is -0.341.